The van der Waals surface area contributed by atoms with Gasteiger partial charge >= 0.3 is 0 Å². The van der Waals surface area contributed by atoms with Gasteiger partial charge in [0.2, 0.25) is 0 Å². The third-order valence-electron chi connectivity index (χ3n) is 4.48. The van der Waals surface area contributed by atoms with Crippen LogP contribution in [-0.4, -0.2) is 39.7 Å². The summed E-state index contributed by atoms with van der Waals surface area (Å²) >= 11 is 1.44. The largest absolute Gasteiger partial charge is 0.375 e. The SMILES string of the molecule is CC(C)Cc1nc(-c2ccc3sc(N)nc3c2)n(C2CCS(=O)(=O)C2)n1. The van der Waals surface area contributed by atoms with Crippen molar-refractivity contribution in [3.63, 3.8) is 0 Å². The monoisotopic (exact) mass is 391 g/mol. The number of hydrogen-bond donors (Lipinski definition) is 1. The Morgan fingerprint density at radius 2 is 2.15 bits per heavy atom. The zero-order chi connectivity index (χ0) is 18.5. The number of sulfone groups is 1. The summed E-state index contributed by atoms with van der Waals surface area (Å²) in [6.45, 7) is 4.23. The summed E-state index contributed by atoms with van der Waals surface area (Å²) in [5.41, 5.74) is 7.51. The molecule has 1 saturated heterocycles. The molecule has 7 nitrogen and oxygen atoms in total. The van der Waals surface area contributed by atoms with Crippen LogP contribution in [0.25, 0.3) is 21.6 Å². The first kappa shape index (κ1) is 17.4. The highest BCUT2D eigenvalue weighted by atomic mass is 32.2. The molecule has 0 radical (unpaired) electrons. The molecule has 138 valence electrons. The van der Waals surface area contributed by atoms with E-state index < -0.39 is 9.84 Å². The molecule has 1 aromatic carbocycles. The molecule has 3 heterocycles. The minimum Gasteiger partial charge on any atom is -0.375 e. The topological polar surface area (TPSA) is 104 Å². The lowest BCUT2D eigenvalue weighted by molar-refractivity contribution is 0.494. The van der Waals surface area contributed by atoms with Crippen molar-refractivity contribution < 1.29 is 8.42 Å². The summed E-state index contributed by atoms with van der Waals surface area (Å²) in [5, 5.41) is 5.19. The number of thiazole rings is 1. The van der Waals surface area contributed by atoms with Crippen molar-refractivity contribution >= 4 is 36.5 Å². The van der Waals surface area contributed by atoms with Crippen molar-refractivity contribution in [3.05, 3.63) is 24.0 Å². The average molecular weight is 392 g/mol. The van der Waals surface area contributed by atoms with Crippen molar-refractivity contribution in [1.82, 2.24) is 19.7 Å². The number of benzene rings is 1. The van der Waals surface area contributed by atoms with E-state index in [0.717, 1.165) is 28.0 Å². The molecule has 1 fully saturated rings. The quantitative estimate of drug-likeness (QED) is 0.733. The molecule has 2 N–H and O–H groups in total. The molecule has 0 amide bonds. The second-order valence-electron chi connectivity index (χ2n) is 7.19. The highest BCUT2D eigenvalue weighted by Crippen LogP contribution is 2.32. The fourth-order valence-electron chi connectivity index (χ4n) is 3.32. The van der Waals surface area contributed by atoms with Crippen molar-refractivity contribution in [3.8, 4) is 11.4 Å². The molecule has 26 heavy (non-hydrogen) atoms. The van der Waals surface area contributed by atoms with Gasteiger partial charge < -0.3 is 5.73 Å². The molecule has 1 unspecified atom stereocenters. The van der Waals surface area contributed by atoms with E-state index in [4.69, 9.17) is 10.7 Å². The first-order valence-corrected chi connectivity index (χ1v) is 11.3. The van der Waals surface area contributed by atoms with Crippen LogP contribution in [0, 0.1) is 5.92 Å². The van der Waals surface area contributed by atoms with Crippen LogP contribution in [0.1, 0.15) is 32.1 Å². The molecular formula is C17H21N5O2S2. The van der Waals surface area contributed by atoms with E-state index in [-0.39, 0.29) is 17.5 Å². The number of rotatable bonds is 4. The standard InChI is InChI=1S/C17H21N5O2S2/c1-10(2)7-15-20-16(22(21-15)12-5-6-26(23,24)9-12)11-3-4-14-13(8-11)19-17(18)25-14/h3-4,8,10,12H,5-7,9H2,1-2H3,(H2,18,19). The summed E-state index contributed by atoms with van der Waals surface area (Å²) in [5.74, 6) is 2.20. The molecule has 2 aromatic heterocycles. The van der Waals surface area contributed by atoms with Crippen LogP contribution in [-0.2, 0) is 16.3 Å². The number of nitrogens with two attached hydrogens (primary N) is 1. The van der Waals surface area contributed by atoms with Gasteiger partial charge in [0, 0.05) is 12.0 Å². The molecule has 3 aromatic rings. The summed E-state index contributed by atoms with van der Waals surface area (Å²) in [6.07, 6.45) is 1.33. The third kappa shape index (κ3) is 3.33. The number of fused-ring (bicyclic) bond motifs is 1. The highest BCUT2D eigenvalue weighted by molar-refractivity contribution is 7.91. The van der Waals surface area contributed by atoms with E-state index in [1.165, 1.54) is 11.3 Å². The zero-order valence-electron chi connectivity index (χ0n) is 14.7. The molecule has 4 rings (SSSR count). The van der Waals surface area contributed by atoms with Crippen molar-refractivity contribution in [2.24, 2.45) is 5.92 Å². The lowest BCUT2D eigenvalue weighted by atomic mass is 10.1. The van der Waals surface area contributed by atoms with Crippen LogP contribution < -0.4 is 5.73 Å². The zero-order valence-corrected chi connectivity index (χ0v) is 16.3. The average Bonchev–Trinajstić information content (AvgIpc) is 3.21. The first-order valence-electron chi connectivity index (χ1n) is 8.63. The van der Waals surface area contributed by atoms with Gasteiger partial charge in [-0.1, -0.05) is 25.2 Å². The fourth-order valence-corrected chi connectivity index (χ4v) is 5.73. The summed E-state index contributed by atoms with van der Waals surface area (Å²) < 4.78 is 26.7. The molecule has 1 aliphatic heterocycles. The van der Waals surface area contributed by atoms with E-state index in [9.17, 15) is 8.42 Å². The molecule has 0 aliphatic carbocycles. The van der Waals surface area contributed by atoms with E-state index in [2.05, 4.69) is 23.9 Å². The van der Waals surface area contributed by atoms with Gasteiger partial charge in [0.05, 0.1) is 27.8 Å². The van der Waals surface area contributed by atoms with Gasteiger partial charge in [-0.2, -0.15) is 5.10 Å². The molecule has 1 atom stereocenters. The predicted octanol–water partition coefficient (Wildman–Crippen LogP) is 2.70. The number of nitrogens with zero attached hydrogens (tertiary/aromatic N) is 4. The maximum Gasteiger partial charge on any atom is 0.181 e. The van der Waals surface area contributed by atoms with Gasteiger partial charge in [0.25, 0.3) is 0 Å². The Morgan fingerprint density at radius 1 is 1.35 bits per heavy atom. The van der Waals surface area contributed by atoms with E-state index in [0.29, 0.717) is 23.3 Å². The van der Waals surface area contributed by atoms with E-state index in [1.54, 1.807) is 4.68 Å². The Balaban J connectivity index is 1.80. The minimum atomic E-state index is -3.00. The molecule has 0 spiro atoms. The number of hydrogen-bond acceptors (Lipinski definition) is 7. The second-order valence-corrected chi connectivity index (χ2v) is 10.5. The van der Waals surface area contributed by atoms with Gasteiger partial charge in [-0.3, -0.25) is 0 Å². The molecule has 9 heteroatoms. The number of anilines is 1. The molecule has 0 saturated carbocycles. The number of nitrogen functional groups attached to an aromatic ring is 1. The maximum atomic E-state index is 11.9. The van der Waals surface area contributed by atoms with Crippen LogP contribution in [0.3, 0.4) is 0 Å². The lowest BCUT2D eigenvalue weighted by Gasteiger charge is -2.11. The number of aromatic nitrogens is 4. The van der Waals surface area contributed by atoms with Gasteiger partial charge in [0.15, 0.2) is 26.6 Å². The Bertz CT molecular complexity index is 1070. The van der Waals surface area contributed by atoms with E-state index in [1.807, 2.05) is 18.2 Å². The van der Waals surface area contributed by atoms with E-state index >= 15 is 0 Å². The fraction of sp³-hybridized carbons (Fsp3) is 0.471. The van der Waals surface area contributed by atoms with Crippen molar-refractivity contribution in [1.29, 1.82) is 0 Å². The van der Waals surface area contributed by atoms with Crippen LogP contribution in [0.2, 0.25) is 0 Å². The minimum absolute atomic E-state index is 0.121. The third-order valence-corrected chi connectivity index (χ3v) is 7.10. The van der Waals surface area contributed by atoms with Crippen molar-refractivity contribution in [2.75, 3.05) is 17.2 Å². The van der Waals surface area contributed by atoms with Gasteiger partial charge in [0.1, 0.15) is 0 Å². The van der Waals surface area contributed by atoms with Gasteiger partial charge in [-0.25, -0.2) is 23.1 Å². The Morgan fingerprint density at radius 3 is 2.85 bits per heavy atom. The molecule has 1 aliphatic rings. The van der Waals surface area contributed by atoms with Crippen LogP contribution in [0.15, 0.2) is 18.2 Å². The smallest absolute Gasteiger partial charge is 0.181 e. The van der Waals surface area contributed by atoms with Crippen LogP contribution in [0.5, 0.6) is 0 Å². The summed E-state index contributed by atoms with van der Waals surface area (Å²) in [7, 11) is -3.00. The lowest BCUT2D eigenvalue weighted by Crippen LogP contribution is -2.14. The highest BCUT2D eigenvalue weighted by Gasteiger charge is 2.32. The maximum absolute atomic E-state index is 11.9. The summed E-state index contributed by atoms with van der Waals surface area (Å²) in [6, 6.07) is 5.74. The van der Waals surface area contributed by atoms with Gasteiger partial charge in [-0.15, -0.1) is 0 Å². The normalized spacial score (nSPS) is 19.6. The Hall–Kier alpha value is -2.00. The molecular weight excluding hydrogens is 370 g/mol. The Kier molecular flexibility index (Phi) is 4.23. The van der Waals surface area contributed by atoms with Crippen molar-refractivity contribution in [2.45, 2.75) is 32.7 Å². The molecule has 0 bridgehead atoms. The van der Waals surface area contributed by atoms with Crippen LogP contribution in [0.4, 0.5) is 5.13 Å². The Labute approximate surface area is 156 Å². The van der Waals surface area contributed by atoms with Crippen LogP contribution >= 0.6 is 11.3 Å². The predicted molar refractivity (Wildman–Crippen MR) is 104 cm³/mol. The van der Waals surface area contributed by atoms with Gasteiger partial charge in [-0.05, 0) is 30.5 Å². The first-order chi connectivity index (χ1) is 12.3. The second kappa shape index (κ2) is 6.31. The summed E-state index contributed by atoms with van der Waals surface area (Å²) in [4.78, 5) is 9.08.